The maximum atomic E-state index is 12.4. The van der Waals surface area contributed by atoms with E-state index in [0.29, 0.717) is 0 Å². The van der Waals surface area contributed by atoms with Crippen LogP contribution in [0.4, 0.5) is 18.9 Å². The number of halogens is 3. The predicted molar refractivity (Wildman–Crippen MR) is 73.4 cm³/mol. The van der Waals surface area contributed by atoms with E-state index in [1.165, 1.54) is 6.07 Å². The molecule has 0 heterocycles. The number of anilines is 1. The van der Waals surface area contributed by atoms with E-state index in [1.807, 2.05) is 0 Å². The Kier molecular flexibility index (Phi) is 5.59. The highest BCUT2D eigenvalue weighted by molar-refractivity contribution is 6.06. The van der Waals surface area contributed by atoms with Crippen molar-refractivity contribution in [3.05, 3.63) is 41.2 Å². The number of nitrogens with zero attached hydrogens (tertiary/aromatic N) is 1. The van der Waals surface area contributed by atoms with Crippen LogP contribution in [-0.4, -0.2) is 11.0 Å². The molecular formula is C15H11F3N2O2. The zero-order valence-corrected chi connectivity index (χ0v) is 11.2. The normalized spacial score (nSPS) is 11.9. The Morgan fingerprint density at radius 2 is 1.91 bits per heavy atom. The van der Waals surface area contributed by atoms with E-state index in [-0.39, 0.29) is 18.5 Å². The summed E-state index contributed by atoms with van der Waals surface area (Å²) in [5, 5.41) is 20.7. The Morgan fingerprint density at radius 1 is 1.32 bits per heavy atom. The maximum Gasteiger partial charge on any atom is 0.416 e. The summed E-state index contributed by atoms with van der Waals surface area (Å²) in [7, 11) is 0. The van der Waals surface area contributed by atoms with Gasteiger partial charge in [0.2, 0.25) is 0 Å². The Balaban J connectivity index is 2.88. The second-order valence-corrected chi connectivity index (χ2v) is 4.17. The first kappa shape index (κ1) is 17.1. The van der Waals surface area contributed by atoms with Gasteiger partial charge in [-0.05, 0) is 24.3 Å². The van der Waals surface area contributed by atoms with Gasteiger partial charge in [-0.15, -0.1) is 12.3 Å². The number of allylic oxidation sites excluding steroid dienone is 1. The molecule has 4 nitrogen and oxygen atoms in total. The first-order valence-electron chi connectivity index (χ1n) is 6.04. The lowest BCUT2D eigenvalue weighted by Crippen LogP contribution is -2.15. The number of carbonyl (C=O) groups excluding carboxylic acids is 1. The van der Waals surface area contributed by atoms with E-state index in [2.05, 4.69) is 11.2 Å². The molecule has 1 aromatic carbocycles. The monoisotopic (exact) mass is 308 g/mol. The minimum atomic E-state index is -4.48. The largest absolute Gasteiger partial charge is 0.511 e. The average Bonchev–Trinajstić information content (AvgIpc) is 2.45. The van der Waals surface area contributed by atoms with Crippen LogP contribution in [0.2, 0.25) is 0 Å². The van der Waals surface area contributed by atoms with Crippen molar-refractivity contribution in [2.24, 2.45) is 0 Å². The van der Waals surface area contributed by atoms with Crippen molar-refractivity contribution >= 4 is 11.6 Å². The minimum absolute atomic E-state index is 0.0418. The third-order valence-corrected chi connectivity index (χ3v) is 2.60. The van der Waals surface area contributed by atoms with E-state index in [9.17, 15) is 23.1 Å². The Labute approximate surface area is 124 Å². The number of carbonyl (C=O) groups is 1. The van der Waals surface area contributed by atoms with Gasteiger partial charge in [-0.25, -0.2) is 0 Å². The number of hydrogen-bond acceptors (Lipinski definition) is 3. The first-order chi connectivity index (χ1) is 10.3. The van der Waals surface area contributed by atoms with Crippen molar-refractivity contribution in [3.8, 4) is 18.4 Å². The highest BCUT2D eigenvalue weighted by Gasteiger charge is 2.30. The number of rotatable bonds is 4. The number of nitrogens with one attached hydrogen (secondary N) is 1. The van der Waals surface area contributed by atoms with E-state index in [0.717, 1.165) is 24.3 Å². The summed E-state index contributed by atoms with van der Waals surface area (Å²) in [5.74, 6) is 0.857. The summed E-state index contributed by atoms with van der Waals surface area (Å²) in [4.78, 5) is 11.8. The number of benzene rings is 1. The molecule has 1 amide bonds. The van der Waals surface area contributed by atoms with Crippen molar-refractivity contribution in [2.45, 2.75) is 19.0 Å². The first-order valence-corrected chi connectivity index (χ1v) is 6.04. The molecule has 7 heteroatoms. The van der Waals surface area contributed by atoms with Gasteiger partial charge in [0.05, 0.1) is 5.56 Å². The van der Waals surface area contributed by atoms with E-state index < -0.39 is 29.0 Å². The Bertz CT molecular complexity index is 662. The zero-order chi connectivity index (χ0) is 16.8. The number of aliphatic hydroxyl groups is 1. The molecule has 0 fully saturated rings. The molecule has 0 aromatic heterocycles. The number of terminal acetylenes is 1. The molecule has 22 heavy (non-hydrogen) atoms. The van der Waals surface area contributed by atoms with Crippen molar-refractivity contribution < 1.29 is 23.1 Å². The predicted octanol–water partition coefficient (Wildman–Crippen LogP) is 3.39. The third-order valence-electron chi connectivity index (χ3n) is 2.60. The van der Waals surface area contributed by atoms with E-state index in [4.69, 9.17) is 11.7 Å². The molecular weight excluding hydrogens is 297 g/mol. The lowest BCUT2D eigenvalue weighted by atomic mass is 10.1. The van der Waals surface area contributed by atoms with Crippen LogP contribution >= 0.6 is 0 Å². The fourth-order valence-corrected chi connectivity index (χ4v) is 1.50. The second-order valence-electron chi connectivity index (χ2n) is 4.17. The lowest BCUT2D eigenvalue weighted by molar-refractivity contribution is -0.137. The Hall–Kier alpha value is -2.93. The molecule has 0 saturated carbocycles. The highest BCUT2D eigenvalue weighted by Crippen LogP contribution is 2.29. The van der Waals surface area contributed by atoms with Gasteiger partial charge in [0.15, 0.2) is 5.57 Å². The third kappa shape index (κ3) is 4.57. The van der Waals surface area contributed by atoms with Gasteiger partial charge in [-0.3, -0.25) is 4.79 Å². The number of nitriles is 1. The number of hydrogen-bond donors (Lipinski definition) is 2. The van der Waals surface area contributed by atoms with Crippen molar-refractivity contribution in [1.29, 1.82) is 5.26 Å². The maximum absolute atomic E-state index is 12.4. The molecule has 0 atom stereocenters. The van der Waals surface area contributed by atoms with Crippen LogP contribution in [-0.2, 0) is 11.0 Å². The highest BCUT2D eigenvalue weighted by atomic mass is 19.4. The molecule has 0 aliphatic carbocycles. The van der Waals surface area contributed by atoms with Crippen LogP contribution in [0.3, 0.4) is 0 Å². The van der Waals surface area contributed by atoms with Crippen LogP contribution in [0, 0.1) is 23.7 Å². The molecule has 1 rings (SSSR count). The summed E-state index contributed by atoms with van der Waals surface area (Å²) in [5.41, 5.74) is -1.33. The fraction of sp³-hybridized carbons (Fsp3) is 0.200. The summed E-state index contributed by atoms with van der Waals surface area (Å²) >= 11 is 0. The number of alkyl halides is 3. The SMILES string of the molecule is C#CCCC(O)=C(C#N)C(=O)Nc1ccc(C(F)(F)F)cc1. The van der Waals surface area contributed by atoms with E-state index in [1.54, 1.807) is 0 Å². The molecule has 0 spiro atoms. The average molecular weight is 308 g/mol. The summed E-state index contributed by atoms with van der Waals surface area (Å²) < 4.78 is 37.2. The summed E-state index contributed by atoms with van der Waals surface area (Å²) in [6.07, 6.45) is 0.631. The van der Waals surface area contributed by atoms with Crippen LogP contribution < -0.4 is 5.32 Å². The molecule has 0 radical (unpaired) electrons. The standard InChI is InChI=1S/C15H11F3N2O2/c1-2-3-4-13(21)12(9-19)14(22)20-11-7-5-10(6-8-11)15(16,17)18/h1,5-8,21H,3-4H2,(H,20,22). The van der Waals surface area contributed by atoms with Crippen molar-refractivity contribution in [1.82, 2.24) is 0 Å². The van der Waals surface area contributed by atoms with Gasteiger partial charge < -0.3 is 10.4 Å². The van der Waals surface area contributed by atoms with Gasteiger partial charge in [0.25, 0.3) is 5.91 Å². The molecule has 1 aromatic rings. The fourth-order valence-electron chi connectivity index (χ4n) is 1.50. The molecule has 0 saturated heterocycles. The Morgan fingerprint density at radius 3 is 2.36 bits per heavy atom. The van der Waals surface area contributed by atoms with Crippen LogP contribution in [0.5, 0.6) is 0 Å². The molecule has 0 unspecified atom stereocenters. The minimum Gasteiger partial charge on any atom is -0.511 e. The topological polar surface area (TPSA) is 73.1 Å². The summed E-state index contributed by atoms with van der Waals surface area (Å²) in [6, 6.07) is 5.23. The van der Waals surface area contributed by atoms with Gasteiger partial charge in [0.1, 0.15) is 11.8 Å². The van der Waals surface area contributed by atoms with Gasteiger partial charge in [0, 0.05) is 18.5 Å². The van der Waals surface area contributed by atoms with Crippen molar-refractivity contribution in [2.75, 3.05) is 5.32 Å². The van der Waals surface area contributed by atoms with Crippen LogP contribution in [0.15, 0.2) is 35.6 Å². The van der Waals surface area contributed by atoms with Gasteiger partial charge >= 0.3 is 6.18 Å². The van der Waals surface area contributed by atoms with E-state index >= 15 is 0 Å². The molecule has 114 valence electrons. The second kappa shape index (κ2) is 7.19. The smallest absolute Gasteiger partial charge is 0.416 e. The summed E-state index contributed by atoms with van der Waals surface area (Å²) in [6.45, 7) is 0. The van der Waals surface area contributed by atoms with Crippen LogP contribution in [0.1, 0.15) is 18.4 Å². The molecule has 0 aliphatic heterocycles. The quantitative estimate of drug-likeness (QED) is 0.387. The van der Waals surface area contributed by atoms with Crippen molar-refractivity contribution in [3.63, 3.8) is 0 Å². The van der Waals surface area contributed by atoms with Crippen LogP contribution in [0.25, 0.3) is 0 Å². The molecule has 0 aliphatic rings. The molecule has 0 bridgehead atoms. The number of aliphatic hydroxyl groups excluding tert-OH is 1. The lowest BCUT2D eigenvalue weighted by Gasteiger charge is -2.09. The van der Waals surface area contributed by atoms with Gasteiger partial charge in [-0.1, -0.05) is 0 Å². The van der Waals surface area contributed by atoms with Gasteiger partial charge in [-0.2, -0.15) is 18.4 Å². The zero-order valence-electron chi connectivity index (χ0n) is 11.2. The number of amides is 1. The molecule has 2 N–H and O–H groups in total.